The van der Waals surface area contributed by atoms with E-state index in [9.17, 15) is 4.79 Å². The van der Waals surface area contributed by atoms with Crippen LogP contribution in [0, 0.1) is 6.92 Å². The van der Waals surface area contributed by atoms with E-state index in [0.717, 1.165) is 19.4 Å². The third-order valence-electron chi connectivity index (χ3n) is 4.35. The van der Waals surface area contributed by atoms with Crippen molar-refractivity contribution in [3.8, 4) is 0 Å². The van der Waals surface area contributed by atoms with Crippen LogP contribution in [-0.2, 0) is 16.0 Å². The number of esters is 1. The summed E-state index contributed by atoms with van der Waals surface area (Å²) in [5.41, 5.74) is 3.98. The molecule has 0 bridgehead atoms. The molecule has 1 aliphatic carbocycles. The van der Waals surface area contributed by atoms with Gasteiger partial charge in [0, 0.05) is 24.8 Å². The Kier molecular flexibility index (Phi) is 4.15. The van der Waals surface area contributed by atoms with Crippen molar-refractivity contribution in [3.05, 3.63) is 29.3 Å². The first-order chi connectivity index (χ1) is 10.2. The molecule has 1 N–H and O–H groups in total. The lowest BCUT2D eigenvalue weighted by Crippen LogP contribution is -2.48. The highest BCUT2D eigenvalue weighted by atomic mass is 16.5. The van der Waals surface area contributed by atoms with Gasteiger partial charge in [-0.2, -0.15) is 0 Å². The van der Waals surface area contributed by atoms with Crippen LogP contribution in [-0.4, -0.2) is 38.3 Å². The number of aryl methyl sites for hydroxylation is 2. The van der Waals surface area contributed by atoms with Crippen LogP contribution in [0.5, 0.6) is 0 Å². The van der Waals surface area contributed by atoms with E-state index >= 15 is 0 Å². The molecule has 0 aromatic heterocycles. The fraction of sp³-hybridized carbons (Fsp3) is 0.588. The van der Waals surface area contributed by atoms with Crippen LogP contribution in [0.1, 0.15) is 30.4 Å². The van der Waals surface area contributed by atoms with Gasteiger partial charge in [0.25, 0.3) is 0 Å². The summed E-state index contributed by atoms with van der Waals surface area (Å²) < 4.78 is 4.96. The van der Waals surface area contributed by atoms with E-state index < -0.39 is 0 Å². The minimum Gasteiger partial charge on any atom is -0.468 e. The molecular weight excluding hydrogens is 264 g/mol. The fourth-order valence-corrected chi connectivity index (χ4v) is 3.09. The van der Waals surface area contributed by atoms with Gasteiger partial charge in [0.1, 0.15) is 6.04 Å². The van der Waals surface area contributed by atoms with E-state index in [4.69, 9.17) is 4.74 Å². The number of methoxy groups -OCH3 is 1. The molecule has 1 fully saturated rings. The highest BCUT2D eigenvalue weighted by Gasteiger charge is 2.31. The number of rotatable bonds is 5. The average Bonchev–Trinajstić information content (AvgIpc) is 3.29. The summed E-state index contributed by atoms with van der Waals surface area (Å²) in [5, 5.41) is 3.41. The van der Waals surface area contributed by atoms with Crippen molar-refractivity contribution in [3.63, 3.8) is 0 Å². The molecular formula is C17H24N2O2. The third-order valence-corrected chi connectivity index (χ3v) is 4.35. The van der Waals surface area contributed by atoms with E-state index in [2.05, 4.69) is 35.3 Å². The maximum Gasteiger partial charge on any atom is 0.324 e. The predicted octanol–water partition coefficient (Wildman–Crippen LogP) is 2.04. The standard InChI is InChI=1S/C17H24N2O2/c1-12-5-8-16-13(10-12)4-3-9-19(16)11-15(17(20)21-2)18-14-6-7-14/h5,8,10,14-15,18H,3-4,6-7,9,11H2,1-2H3. The van der Waals surface area contributed by atoms with Gasteiger partial charge in [-0.3, -0.25) is 4.79 Å². The Balaban J connectivity index is 1.75. The second kappa shape index (κ2) is 6.06. The van der Waals surface area contributed by atoms with Gasteiger partial charge in [0.2, 0.25) is 0 Å². The number of nitrogens with one attached hydrogen (secondary N) is 1. The van der Waals surface area contributed by atoms with Crippen LogP contribution in [0.4, 0.5) is 5.69 Å². The number of ether oxygens (including phenoxy) is 1. The number of hydrogen-bond donors (Lipinski definition) is 1. The Morgan fingerprint density at radius 1 is 1.48 bits per heavy atom. The van der Waals surface area contributed by atoms with Crippen LogP contribution >= 0.6 is 0 Å². The molecule has 114 valence electrons. The minimum absolute atomic E-state index is 0.152. The highest BCUT2D eigenvalue weighted by molar-refractivity contribution is 5.77. The quantitative estimate of drug-likeness (QED) is 0.842. The maximum absolute atomic E-state index is 12.0. The molecule has 1 atom stereocenters. The lowest BCUT2D eigenvalue weighted by atomic mass is 9.99. The van der Waals surface area contributed by atoms with Crippen molar-refractivity contribution in [2.24, 2.45) is 0 Å². The van der Waals surface area contributed by atoms with Crippen LogP contribution < -0.4 is 10.2 Å². The normalized spacial score (nSPS) is 19.0. The Morgan fingerprint density at radius 3 is 3.00 bits per heavy atom. The largest absolute Gasteiger partial charge is 0.468 e. The van der Waals surface area contributed by atoms with Gasteiger partial charge in [0.05, 0.1) is 7.11 Å². The summed E-state index contributed by atoms with van der Waals surface area (Å²) in [6.07, 6.45) is 4.62. The van der Waals surface area contributed by atoms with Crippen molar-refractivity contribution in [2.75, 3.05) is 25.1 Å². The van der Waals surface area contributed by atoms with Crippen molar-refractivity contribution < 1.29 is 9.53 Å². The van der Waals surface area contributed by atoms with Crippen molar-refractivity contribution in [1.29, 1.82) is 0 Å². The van der Waals surface area contributed by atoms with Crippen molar-refractivity contribution >= 4 is 11.7 Å². The Hall–Kier alpha value is -1.55. The zero-order chi connectivity index (χ0) is 14.8. The lowest BCUT2D eigenvalue weighted by Gasteiger charge is -2.34. The van der Waals surface area contributed by atoms with Gasteiger partial charge in [-0.25, -0.2) is 0 Å². The monoisotopic (exact) mass is 288 g/mol. The second-order valence-electron chi connectivity index (χ2n) is 6.20. The molecule has 3 rings (SSSR count). The molecule has 1 aliphatic heterocycles. The summed E-state index contributed by atoms with van der Waals surface area (Å²) in [5.74, 6) is -0.152. The van der Waals surface area contributed by atoms with Gasteiger partial charge in [-0.1, -0.05) is 17.7 Å². The Bertz CT molecular complexity index is 526. The zero-order valence-electron chi connectivity index (χ0n) is 12.9. The number of benzene rings is 1. The topological polar surface area (TPSA) is 41.6 Å². The van der Waals surface area contributed by atoms with Gasteiger partial charge in [0.15, 0.2) is 0 Å². The molecule has 1 aromatic rings. The summed E-state index contributed by atoms with van der Waals surface area (Å²) in [6.45, 7) is 3.83. The molecule has 4 nitrogen and oxygen atoms in total. The first-order valence-electron chi connectivity index (χ1n) is 7.85. The number of anilines is 1. The predicted molar refractivity (Wildman–Crippen MR) is 83.7 cm³/mol. The van der Waals surface area contributed by atoms with Crippen LogP contribution in [0.2, 0.25) is 0 Å². The summed E-state index contributed by atoms with van der Waals surface area (Å²) >= 11 is 0. The molecule has 1 saturated carbocycles. The second-order valence-corrected chi connectivity index (χ2v) is 6.20. The summed E-state index contributed by atoms with van der Waals surface area (Å²) in [7, 11) is 1.47. The Morgan fingerprint density at radius 2 is 2.29 bits per heavy atom. The summed E-state index contributed by atoms with van der Waals surface area (Å²) in [6, 6.07) is 6.88. The first-order valence-corrected chi connectivity index (χ1v) is 7.85. The SMILES string of the molecule is COC(=O)C(CN1CCCc2cc(C)ccc21)NC1CC1. The molecule has 0 spiro atoms. The van der Waals surface area contributed by atoms with Gasteiger partial charge >= 0.3 is 5.97 Å². The summed E-state index contributed by atoms with van der Waals surface area (Å²) in [4.78, 5) is 14.3. The highest BCUT2D eigenvalue weighted by Crippen LogP contribution is 2.28. The number of hydrogen-bond acceptors (Lipinski definition) is 4. The van der Waals surface area contributed by atoms with Crippen LogP contribution in [0.15, 0.2) is 18.2 Å². The lowest BCUT2D eigenvalue weighted by molar-refractivity contribution is -0.142. The van der Waals surface area contributed by atoms with E-state index in [1.54, 1.807) is 0 Å². The molecule has 4 heteroatoms. The Labute approximate surface area is 126 Å². The van der Waals surface area contributed by atoms with Crippen LogP contribution in [0.25, 0.3) is 0 Å². The maximum atomic E-state index is 12.0. The van der Waals surface area contributed by atoms with Crippen molar-refractivity contribution in [1.82, 2.24) is 5.32 Å². The third kappa shape index (κ3) is 3.38. The van der Waals surface area contributed by atoms with Gasteiger partial charge < -0.3 is 15.0 Å². The molecule has 2 aliphatic rings. The van der Waals surface area contributed by atoms with Crippen LogP contribution in [0.3, 0.4) is 0 Å². The smallest absolute Gasteiger partial charge is 0.324 e. The number of carbonyl (C=O) groups is 1. The molecule has 0 saturated heterocycles. The first kappa shape index (κ1) is 14.4. The number of fused-ring (bicyclic) bond motifs is 1. The van der Waals surface area contributed by atoms with Crippen molar-refractivity contribution in [2.45, 2.75) is 44.7 Å². The van der Waals surface area contributed by atoms with E-state index in [1.165, 1.54) is 36.8 Å². The van der Waals surface area contributed by atoms with Gasteiger partial charge in [-0.05, 0) is 44.2 Å². The van der Waals surface area contributed by atoms with E-state index in [0.29, 0.717) is 12.6 Å². The van der Waals surface area contributed by atoms with E-state index in [1.807, 2.05) is 0 Å². The molecule has 1 unspecified atom stereocenters. The number of carbonyl (C=O) groups excluding carboxylic acids is 1. The van der Waals surface area contributed by atoms with E-state index in [-0.39, 0.29) is 12.0 Å². The molecule has 1 aromatic carbocycles. The molecule has 0 radical (unpaired) electrons. The zero-order valence-corrected chi connectivity index (χ0v) is 12.9. The molecule has 1 heterocycles. The average molecular weight is 288 g/mol. The fourth-order valence-electron chi connectivity index (χ4n) is 3.09. The number of nitrogens with zero attached hydrogens (tertiary/aromatic N) is 1. The minimum atomic E-state index is -0.227. The molecule has 21 heavy (non-hydrogen) atoms. The van der Waals surface area contributed by atoms with Gasteiger partial charge in [-0.15, -0.1) is 0 Å². The molecule has 0 amide bonds.